The Balaban J connectivity index is 3.18. The average Bonchev–Trinajstić information content (AvgIpc) is 2.43. The van der Waals surface area contributed by atoms with Crippen LogP contribution in [0.25, 0.3) is 0 Å². The van der Waals surface area contributed by atoms with Crippen molar-refractivity contribution in [3.63, 3.8) is 0 Å². The van der Waals surface area contributed by atoms with Crippen molar-refractivity contribution < 1.29 is 19.1 Å². The molecule has 0 unspecified atom stereocenters. The van der Waals surface area contributed by atoms with Gasteiger partial charge >= 0.3 is 12.1 Å². The maximum absolute atomic E-state index is 12.6. The summed E-state index contributed by atoms with van der Waals surface area (Å²) in [6.07, 6.45) is -0.566. The third-order valence-corrected chi connectivity index (χ3v) is 4.03. The first kappa shape index (κ1) is 19.5. The van der Waals surface area contributed by atoms with Crippen LogP contribution in [0.5, 0.6) is 0 Å². The lowest BCUT2D eigenvalue weighted by Crippen LogP contribution is -2.54. The van der Waals surface area contributed by atoms with E-state index in [9.17, 15) is 9.59 Å². The van der Waals surface area contributed by atoms with Gasteiger partial charge in [0.1, 0.15) is 11.1 Å². The first-order valence-electron chi connectivity index (χ1n) is 7.31. The summed E-state index contributed by atoms with van der Waals surface area (Å²) in [6.45, 7) is 8.85. The van der Waals surface area contributed by atoms with Gasteiger partial charge in [0.2, 0.25) is 0 Å². The molecule has 0 heterocycles. The van der Waals surface area contributed by atoms with Gasteiger partial charge in [0, 0.05) is 4.47 Å². The minimum Gasteiger partial charge on any atom is -0.467 e. The largest absolute Gasteiger partial charge is 0.467 e. The number of rotatable bonds is 4. The van der Waals surface area contributed by atoms with Crippen molar-refractivity contribution in [1.29, 1.82) is 0 Å². The Morgan fingerprint density at radius 1 is 1.13 bits per heavy atom. The van der Waals surface area contributed by atoms with E-state index < -0.39 is 23.2 Å². The van der Waals surface area contributed by atoms with E-state index in [4.69, 9.17) is 9.47 Å². The summed E-state index contributed by atoms with van der Waals surface area (Å²) < 4.78 is 11.2. The van der Waals surface area contributed by atoms with Gasteiger partial charge in [0.05, 0.1) is 13.7 Å². The van der Waals surface area contributed by atoms with E-state index in [1.165, 1.54) is 12.0 Å². The first-order chi connectivity index (χ1) is 10.5. The highest BCUT2D eigenvalue weighted by atomic mass is 79.9. The number of hydrogen-bond donors (Lipinski definition) is 0. The minimum atomic E-state index is -1.16. The summed E-state index contributed by atoms with van der Waals surface area (Å²) >= 11 is 3.46. The van der Waals surface area contributed by atoms with Crippen molar-refractivity contribution in [2.75, 3.05) is 7.11 Å². The molecule has 0 aliphatic carbocycles. The van der Waals surface area contributed by atoms with Crippen LogP contribution in [-0.4, -0.2) is 35.2 Å². The lowest BCUT2D eigenvalue weighted by atomic mass is 10.0. The number of esters is 1. The molecular weight excluding hydrogens is 362 g/mol. The van der Waals surface area contributed by atoms with Crippen molar-refractivity contribution in [3.05, 3.63) is 34.3 Å². The van der Waals surface area contributed by atoms with Crippen LogP contribution >= 0.6 is 15.9 Å². The van der Waals surface area contributed by atoms with Crippen molar-refractivity contribution in [3.8, 4) is 0 Å². The predicted molar refractivity (Wildman–Crippen MR) is 92.0 cm³/mol. The smallest absolute Gasteiger partial charge is 0.411 e. The quantitative estimate of drug-likeness (QED) is 0.730. The van der Waals surface area contributed by atoms with Gasteiger partial charge in [-0.3, -0.25) is 4.90 Å². The Kier molecular flexibility index (Phi) is 6.22. The molecule has 6 heteroatoms. The molecule has 0 saturated heterocycles. The molecule has 0 aromatic heterocycles. The summed E-state index contributed by atoms with van der Waals surface area (Å²) in [5.41, 5.74) is -0.947. The summed E-state index contributed by atoms with van der Waals surface area (Å²) in [6, 6.07) is 7.53. The first-order valence-corrected chi connectivity index (χ1v) is 8.11. The molecule has 0 aliphatic rings. The second-order valence-electron chi connectivity index (χ2n) is 6.71. The van der Waals surface area contributed by atoms with Crippen LogP contribution in [0, 0.1) is 0 Å². The zero-order valence-electron chi connectivity index (χ0n) is 14.5. The summed E-state index contributed by atoms with van der Waals surface area (Å²) in [7, 11) is 1.30. The molecule has 1 aromatic carbocycles. The zero-order chi connectivity index (χ0) is 17.8. The lowest BCUT2D eigenvalue weighted by Gasteiger charge is -2.37. The van der Waals surface area contributed by atoms with Gasteiger partial charge in [0.15, 0.2) is 0 Å². The number of carbonyl (C=O) groups excluding carboxylic acids is 2. The summed E-state index contributed by atoms with van der Waals surface area (Å²) in [5.74, 6) is -0.504. The van der Waals surface area contributed by atoms with Crippen LogP contribution in [0.15, 0.2) is 28.7 Å². The molecule has 0 N–H and O–H groups in total. The molecule has 128 valence electrons. The SMILES string of the molecule is COC(=O)C(C)(C)N(Cc1ccccc1Br)C(=O)OC(C)(C)C. The fourth-order valence-corrected chi connectivity index (χ4v) is 2.37. The molecule has 0 atom stereocenters. The molecule has 0 fully saturated rings. The van der Waals surface area contributed by atoms with Crippen molar-refractivity contribution in [2.45, 2.75) is 52.3 Å². The van der Waals surface area contributed by atoms with E-state index in [0.717, 1.165) is 10.0 Å². The number of ether oxygens (including phenoxy) is 2. The maximum Gasteiger partial charge on any atom is 0.411 e. The highest BCUT2D eigenvalue weighted by molar-refractivity contribution is 9.10. The van der Waals surface area contributed by atoms with Gasteiger partial charge in [0.25, 0.3) is 0 Å². The predicted octanol–water partition coefficient (Wildman–Crippen LogP) is 4.14. The molecule has 0 spiro atoms. The fourth-order valence-electron chi connectivity index (χ4n) is 1.96. The lowest BCUT2D eigenvalue weighted by molar-refractivity contribution is -0.153. The van der Waals surface area contributed by atoms with Gasteiger partial charge in [-0.15, -0.1) is 0 Å². The molecule has 23 heavy (non-hydrogen) atoms. The third-order valence-electron chi connectivity index (χ3n) is 3.26. The Morgan fingerprint density at radius 3 is 2.17 bits per heavy atom. The van der Waals surface area contributed by atoms with E-state index in [1.54, 1.807) is 34.6 Å². The van der Waals surface area contributed by atoms with Gasteiger partial charge in [-0.05, 0) is 46.2 Å². The number of benzene rings is 1. The van der Waals surface area contributed by atoms with Crippen LogP contribution in [-0.2, 0) is 20.8 Å². The molecule has 1 amide bonds. The second-order valence-corrected chi connectivity index (χ2v) is 7.56. The van der Waals surface area contributed by atoms with Crippen LogP contribution in [0.4, 0.5) is 4.79 Å². The van der Waals surface area contributed by atoms with Crippen LogP contribution < -0.4 is 0 Å². The Hall–Kier alpha value is -1.56. The Morgan fingerprint density at radius 2 is 1.70 bits per heavy atom. The number of nitrogens with zero attached hydrogens (tertiary/aromatic N) is 1. The fraction of sp³-hybridized carbons (Fsp3) is 0.529. The molecule has 1 rings (SSSR count). The number of methoxy groups -OCH3 is 1. The number of amides is 1. The highest BCUT2D eigenvalue weighted by Gasteiger charge is 2.41. The molecule has 0 aliphatic heterocycles. The number of halogens is 1. The summed E-state index contributed by atoms with van der Waals surface area (Å²) in [5, 5.41) is 0. The van der Waals surface area contributed by atoms with E-state index >= 15 is 0 Å². The van der Waals surface area contributed by atoms with Crippen LogP contribution in [0.1, 0.15) is 40.2 Å². The molecule has 1 aromatic rings. The topological polar surface area (TPSA) is 55.8 Å². The average molecular weight is 386 g/mol. The van der Waals surface area contributed by atoms with Gasteiger partial charge in [-0.25, -0.2) is 9.59 Å². The van der Waals surface area contributed by atoms with Crippen molar-refractivity contribution in [2.24, 2.45) is 0 Å². The van der Waals surface area contributed by atoms with Gasteiger partial charge < -0.3 is 9.47 Å². The Bertz CT molecular complexity index is 578. The van der Waals surface area contributed by atoms with Gasteiger partial charge in [-0.2, -0.15) is 0 Å². The number of hydrogen-bond acceptors (Lipinski definition) is 4. The summed E-state index contributed by atoms with van der Waals surface area (Å²) in [4.78, 5) is 26.1. The molecule has 5 nitrogen and oxygen atoms in total. The van der Waals surface area contributed by atoms with Gasteiger partial charge in [-0.1, -0.05) is 34.1 Å². The van der Waals surface area contributed by atoms with Crippen molar-refractivity contribution >= 4 is 28.0 Å². The number of carbonyl (C=O) groups is 2. The molecule has 0 bridgehead atoms. The standard InChI is InChI=1S/C17H24BrNO4/c1-16(2,3)23-15(21)19(17(4,5)14(20)22-6)11-12-9-7-8-10-13(12)18/h7-10H,11H2,1-6H3. The highest BCUT2D eigenvalue weighted by Crippen LogP contribution is 2.26. The Labute approximate surface area is 146 Å². The minimum absolute atomic E-state index is 0.221. The van der Waals surface area contributed by atoms with Crippen LogP contribution in [0.2, 0.25) is 0 Å². The van der Waals surface area contributed by atoms with E-state index in [2.05, 4.69) is 15.9 Å². The zero-order valence-corrected chi connectivity index (χ0v) is 16.1. The van der Waals surface area contributed by atoms with E-state index in [-0.39, 0.29) is 6.54 Å². The second kappa shape index (κ2) is 7.34. The van der Waals surface area contributed by atoms with E-state index in [1.807, 2.05) is 24.3 Å². The molecular formula is C17H24BrNO4. The van der Waals surface area contributed by atoms with Crippen LogP contribution in [0.3, 0.4) is 0 Å². The monoisotopic (exact) mass is 385 g/mol. The normalized spacial score (nSPS) is 11.8. The molecule has 0 radical (unpaired) electrons. The maximum atomic E-state index is 12.6. The molecule has 0 saturated carbocycles. The van der Waals surface area contributed by atoms with Crippen molar-refractivity contribution in [1.82, 2.24) is 4.90 Å². The third kappa shape index (κ3) is 5.23. The van der Waals surface area contributed by atoms with E-state index in [0.29, 0.717) is 0 Å².